The maximum Gasteiger partial charge on any atom is 0.417 e. The van der Waals surface area contributed by atoms with E-state index >= 15 is 4.39 Å². The summed E-state index contributed by atoms with van der Waals surface area (Å²) in [6.07, 6.45) is -15.3. The molecule has 0 N–H and O–H groups in total. The van der Waals surface area contributed by atoms with Crippen LogP contribution in [0.1, 0.15) is 52.2 Å². The van der Waals surface area contributed by atoms with Crippen LogP contribution in [-0.4, -0.2) is 41.6 Å². The number of benzene rings is 2. The van der Waals surface area contributed by atoms with E-state index in [0.29, 0.717) is 17.0 Å². The topological polar surface area (TPSA) is 20.3 Å². The highest BCUT2D eigenvalue weighted by Crippen LogP contribution is 2.52. The Morgan fingerprint density at radius 3 is 2.00 bits per heavy atom. The maximum absolute atomic E-state index is 15.1. The van der Waals surface area contributed by atoms with E-state index in [1.54, 1.807) is 0 Å². The molecule has 0 radical (unpaired) electrons. The van der Waals surface area contributed by atoms with Gasteiger partial charge in [0.15, 0.2) is 5.78 Å². The van der Waals surface area contributed by atoms with Crippen molar-refractivity contribution in [1.29, 1.82) is 0 Å². The first-order valence-electron chi connectivity index (χ1n) is 11.7. The molecule has 1 aliphatic carbocycles. The molecule has 16 heteroatoms. The van der Waals surface area contributed by atoms with Crippen LogP contribution in [0.2, 0.25) is 15.1 Å². The first-order chi connectivity index (χ1) is 19.1. The molecule has 42 heavy (non-hydrogen) atoms. The van der Waals surface area contributed by atoms with Crippen molar-refractivity contribution in [2.75, 3.05) is 13.6 Å². The monoisotopic (exact) mass is 687 g/mol. The predicted molar refractivity (Wildman–Crippen MR) is 143 cm³/mol. The van der Waals surface area contributed by atoms with Crippen molar-refractivity contribution in [2.24, 2.45) is 5.41 Å². The van der Waals surface area contributed by atoms with Crippen LogP contribution in [-0.2, 0) is 6.18 Å². The highest BCUT2D eigenvalue weighted by atomic mass is 35.5. The molecular weight excluding hydrogens is 671 g/mol. The molecule has 1 saturated carbocycles. The molecule has 1 aliphatic rings. The molecule has 1 atom stereocenters. The number of alkyl halides is 9. The number of Topliss-reactive ketones (excluding diaryl/α,β-unsaturated/α-hetero) is 1. The molecule has 0 saturated heterocycles. The summed E-state index contributed by atoms with van der Waals surface area (Å²) >= 11 is 22.4. The Balaban J connectivity index is 1.97. The minimum atomic E-state index is -5.24. The van der Waals surface area contributed by atoms with Gasteiger partial charge >= 0.3 is 18.5 Å². The normalized spacial score (nSPS) is 16.3. The van der Waals surface area contributed by atoms with Crippen LogP contribution in [0, 0.1) is 5.41 Å². The average molecular weight is 689 g/mol. The lowest BCUT2D eigenvalue weighted by Gasteiger charge is -2.27. The Kier molecular flexibility index (Phi) is 9.93. The molecule has 0 heterocycles. The fraction of sp³-hybridized carbons (Fsp3) is 0.385. The second kappa shape index (κ2) is 12.1. The average Bonchev–Trinajstić information content (AvgIpc) is 3.62. The number of ketones is 1. The van der Waals surface area contributed by atoms with Gasteiger partial charge < -0.3 is 4.90 Å². The summed E-state index contributed by atoms with van der Waals surface area (Å²) < 4.78 is 137. The van der Waals surface area contributed by atoms with Crippen LogP contribution >= 0.6 is 47.0 Å². The van der Waals surface area contributed by atoms with Crippen LogP contribution in [0.25, 0.3) is 5.83 Å². The lowest BCUT2D eigenvalue weighted by atomic mass is 9.90. The molecule has 1 fully saturated rings. The maximum atomic E-state index is 15.1. The molecule has 1 unspecified atom stereocenters. The number of carbonyl (C=O) groups excluding carboxylic acids is 1. The molecule has 0 aliphatic heterocycles. The van der Waals surface area contributed by atoms with E-state index in [0.717, 1.165) is 19.2 Å². The van der Waals surface area contributed by atoms with E-state index < -0.39 is 76.7 Å². The molecular formula is C26H18Cl3F10NOS. The zero-order valence-electron chi connectivity index (χ0n) is 21.0. The van der Waals surface area contributed by atoms with Gasteiger partial charge in [0, 0.05) is 30.0 Å². The number of thiocarbonyl (C=S) groups is 1. The van der Waals surface area contributed by atoms with Crippen molar-refractivity contribution < 1.29 is 48.7 Å². The van der Waals surface area contributed by atoms with Gasteiger partial charge in [0.05, 0.1) is 25.6 Å². The van der Waals surface area contributed by atoms with Crippen molar-refractivity contribution in [1.82, 2.24) is 4.90 Å². The smallest absolute Gasteiger partial charge is 0.360 e. The van der Waals surface area contributed by atoms with E-state index in [1.807, 2.05) is 0 Å². The van der Waals surface area contributed by atoms with Crippen molar-refractivity contribution in [3.8, 4) is 0 Å². The van der Waals surface area contributed by atoms with E-state index in [9.17, 15) is 44.3 Å². The largest absolute Gasteiger partial charge is 0.417 e. The summed E-state index contributed by atoms with van der Waals surface area (Å²) in [6.45, 7) is -1.43. The number of rotatable bonds is 8. The predicted octanol–water partition coefficient (Wildman–Crippen LogP) is 10.5. The van der Waals surface area contributed by atoms with Gasteiger partial charge in [-0.3, -0.25) is 4.79 Å². The fourth-order valence-electron chi connectivity index (χ4n) is 4.31. The second-order valence-electron chi connectivity index (χ2n) is 9.75. The first kappa shape index (κ1) is 34.4. The molecule has 3 rings (SSSR count). The third kappa shape index (κ3) is 8.09. The van der Waals surface area contributed by atoms with E-state index in [2.05, 4.69) is 0 Å². The zero-order valence-corrected chi connectivity index (χ0v) is 24.1. The van der Waals surface area contributed by atoms with Crippen molar-refractivity contribution in [2.45, 2.75) is 43.7 Å². The zero-order chi connectivity index (χ0) is 32.0. The van der Waals surface area contributed by atoms with Gasteiger partial charge in [-0.2, -0.15) is 39.5 Å². The summed E-state index contributed by atoms with van der Waals surface area (Å²) in [5.41, 5.74) is -5.39. The molecule has 2 nitrogen and oxygen atoms in total. The first-order valence-corrected chi connectivity index (χ1v) is 13.3. The molecule has 0 amide bonds. The Labute approximate surface area is 253 Å². The van der Waals surface area contributed by atoms with Crippen LogP contribution < -0.4 is 0 Å². The second-order valence-corrected chi connectivity index (χ2v) is 11.3. The fourth-order valence-corrected chi connectivity index (χ4v) is 5.27. The van der Waals surface area contributed by atoms with Gasteiger partial charge in [0.2, 0.25) is 0 Å². The molecule has 0 aromatic heterocycles. The van der Waals surface area contributed by atoms with Gasteiger partial charge in [-0.25, -0.2) is 4.39 Å². The Bertz CT molecular complexity index is 1390. The molecule has 230 valence electrons. The number of allylic oxidation sites excluding steroid dienone is 1. The number of nitrogens with zero attached hydrogens (tertiary/aromatic N) is 1. The van der Waals surface area contributed by atoms with Gasteiger partial charge in [-0.15, -0.1) is 0 Å². The summed E-state index contributed by atoms with van der Waals surface area (Å²) in [6, 6.07) is 3.04. The Hall–Kier alpha value is -2.09. The molecule has 2 aromatic carbocycles. The van der Waals surface area contributed by atoms with E-state index in [4.69, 9.17) is 47.0 Å². The minimum absolute atomic E-state index is 0.0288. The number of hydrogen-bond donors (Lipinski definition) is 0. The van der Waals surface area contributed by atoms with Crippen LogP contribution in [0.3, 0.4) is 0 Å². The van der Waals surface area contributed by atoms with Gasteiger partial charge in [0.25, 0.3) is 0 Å². The van der Waals surface area contributed by atoms with Gasteiger partial charge in [-0.05, 0) is 42.7 Å². The highest BCUT2D eigenvalue weighted by molar-refractivity contribution is 7.80. The summed E-state index contributed by atoms with van der Waals surface area (Å²) in [7, 11) is 1.05. The number of hydrogen-bond acceptors (Lipinski definition) is 2. The standard InChI is InChI=1S/C26H18Cl3F10NOS/c1-40(11-24(31,32)33)22(42)23(4-5-23)10-20(41)14-3-2-12(6-16(14)26(37,38)39)19(30)9-15(25(34,35)36)13-7-17(27)21(29)18(28)8-13/h2-3,6-9,15H,4-5,10-11H2,1H3/b19-9-. The summed E-state index contributed by atoms with van der Waals surface area (Å²) in [4.78, 5) is 13.4. The SMILES string of the molecule is CN(CC(F)(F)F)C(=S)C1(CC(=O)c2ccc(/C(F)=C/C(c3cc(Cl)c(Cl)c(Cl)c3)C(F)(F)F)cc2C(F)(F)F)CC1. The van der Waals surface area contributed by atoms with E-state index in [-0.39, 0.29) is 45.0 Å². The van der Waals surface area contributed by atoms with Crippen LogP contribution in [0.15, 0.2) is 36.4 Å². The third-order valence-corrected chi connectivity index (χ3v) is 8.44. The lowest BCUT2D eigenvalue weighted by Crippen LogP contribution is -2.39. The highest BCUT2D eigenvalue weighted by Gasteiger charge is 2.51. The number of halogens is 13. The Morgan fingerprint density at radius 1 is 1.00 bits per heavy atom. The van der Waals surface area contributed by atoms with E-state index in [1.165, 1.54) is 0 Å². The summed E-state index contributed by atoms with van der Waals surface area (Å²) in [5.74, 6) is -5.51. The summed E-state index contributed by atoms with van der Waals surface area (Å²) in [5, 5.41) is -1.01. The van der Waals surface area contributed by atoms with Crippen molar-refractivity contribution in [3.63, 3.8) is 0 Å². The van der Waals surface area contributed by atoms with Gasteiger partial charge in [-0.1, -0.05) is 59.2 Å². The van der Waals surface area contributed by atoms with Crippen molar-refractivity contribution >= 4 is 63.6 Å². The van der Waals surface area contributed by atoms with Crippen LogP contribution in [0.5, 0.6) is 0 Å². The molecule has 0 spiro atoms. The van der Waals surface area contributed by atoms with Gasteiger partial charge in [0.1, 0.15) is 18.3 Å². The third-order valence-electron chi connectivity index (χ3n) is 6.50. The van der Waals surface area contributed by atoms with Crippen LogP contribution in [0.4, 0.5) is 43.9 Å². The molecule has 2 aromatic rings. The quantitative estimate of drug-likeness (QED) is 0.119. The lowest BCUT2D eigenvalue weighted by molar-refractivity contribution is -0.140. The molecule has 0 bridgehead atoms. The minimum Gasteiger partial charge on any atom is -0.360 e. The van der Waals surface area contributed by atoms with Crippen molar-refractivity contribution in [3.05, 3.63) is 73.7 Å². The number of carbonyl (C=O) groups is 1. The Morgan fingerprint density at radius 2 is 1.55 bits per heavy atom.